The van der Waals surface area contributed by atoms with E-state index < -0.39 is 0 Å². The van der Waals surface area contributed by atoms with Crippen LogP contribution in [0.3, 0.4) is 0 Å². The van der Waals surface area contributed by atoms with Gasteiger partial charge in [-0.1, -0.05) is 24.2 Å². The summed E-state index contributed by atoms with van der Waals surface area (Å²) in [6.07, 6.45) is 0. The first-order valence-corrected chi connectivity index (χ1v) is 6.23. The summed E-state index contributed by atoms with van der Waals surface area (Å²) in [6.45, 7) is 5.60. The molecule has 0 saturated heterocycles. The highest BCUT2D eigenvalue weighted by Gasteiger charge is 2.11. The summed E-state index contributed by atoms with van der Waals surface area (Å²) in [5.74, 6) is -0.0748. The van der Waals surface area contributed by atoms with Crippen LogP contribution in [0.2, 0.25) is 0 Å². The number of aromatic nitrogens is 1. The number of amides is 1. The maximum Gasteiger partial charge on any atom is 0.294 e. The predicted octanol–water partition coefficient (Wildman–Crippen LogP) is 2.34. The SMILES string of the molecule is CCNCc1ccc(NC(=O)c2cc(C)no2)cc1. The Morgan fingerprint density at radius 3 is 2.63 bits per heavy atom. The van der Waals surface area contributed by atoms with E-state index in [1.165, 1.54) is 5.56 Å². The third kappa shape index (κ3) is 3.66. The molecule has 2 N–H and O–H groups in total. The van der Waals surface area contributed by atoms with E-state index in [0.717, 1.165) is 18.8 Å². The molecule has 1 aromatic heterocycles. The first-order valence-electron chi connectivity index (χ1n) is 6.23. The Balaban J connectivity index is 1.97. The molecule has 2 aromatic rings. The number of nitrogens with one attached hydrogen (secondary N) is 2. The van der Waals surface area contributed by atoms with E-state index in [2.05, 4.69) is 22.7 Å². The molecule has 0 fully saturated rings. The van der Waals surface area contributed by atoms with E-state index in [4.69, 9.17) is 4.52 Å². The van der Waals surface area contributed by atoms with E-state index in [1.807, 2.05) is 24.3 Å². The van der Waals surface area contributed by atoms with Gasteiger partial charge in [0.15, 0.2) is 0 Å². The van der Waals surface area contributed by atoms with Crippen molar-refractivity contribution in [2.45, 2.75) is 20.4 Å². The number of aryl methyl sites for hydroxylation is 1. The minimum Gasteiger partial charge on any atom is -0.351 e. The molecule has 1 heterocycles. The summed E-state index contributed by atoms with van der Waals surface area (Å²) in [7, 11) is 0. The fourth-order valence-corrected chi connectivity index (χ4v) is 1.64. The number of hydrogen-bond donors (Lipinski definition) is 2. The third-order valence-corrected chi connectivity index (χ3v) is 2.64. The van der Waals surface area contributed by atoms with Gasteiger partial charge in [0.2, 0.25) is 5.76 Å². The number of nitrogens with zero attached hydrogens (tertiary/aromatic N) is 1. The van der Waals surface area contributed by atoms with Gasteiger partial charge in [0.1, 0.15) is 0 Å². The quantitative estimate of drug-likeness (QED) is 0.865. The molecule has 1 amide bonds. The average Bonchev–Trinajstić information content (AvgIpc) is 2.85. The first kappa shape index (κ1) is 13.3. The zero-order valence-electron chi connectivity index (χ0n) is 11.1. The number of carbonyl (C=O) groups is 1. The fraction of sp³-hybridized carbons (Fsp3) is 0.286. The van der Waals surface area contributed by atoms with Crippen LogP contribution in [-0.2, 0) is 6.54 Å². The Kier molecular flexibility index (Phi) is 4.30. The van der Waals surface area contributed by atoms with Crippen LogP contribution in [0.1, 0.15) is 28.7 Å². The minimum atomic E-state index is -0.292. The molecule has 0 unspecified atom stereocenters. The van der Waals surface area contributed by atoms with Gasteiger partial charge in [0.05, 0.1) is 5.69 Å². The van der Waals surface area contributed by atoms with Gasteiger partial charge in [-0.25, -0.2) is 0 Å². The van der Waals surface area contributed by atoms with E-state index in [9.17, 15) is 4.79 Å². The van der Waals surface area contributed by atoms with Crippen molar-refractivity contribution in [3.8, 4) is 0 Å². The van der Waals surface area contributed by atoms with E-state index in [-0.39, 0.29) is 11.7 Å². The Labute approximate surface area is 112 Å². The number of carbonyl (C=O) groups excluding carboxylic acids is 1. The van der Waals surface area contributed by atoms with Crippen molar-refractivity contribution in [3.63, 3.8) is 0 Å². The normalized spacial score (nSPS) is 10.4. The Hall–Kier alpha value is -2.14. The number of anilines is 1. The van der Waals surface area contributed by atoms with Crippen LogP contribution in [0, 0.1) is 6.92 Å². The number of benzene rings is 1. The zero-order chi connectivity index (χ0) is 13.7. The molecule has 5 nitrogen and oxygen atoms in total. The molecule has 0 aliphatic carbocycles. The first-order chi connectivity index (χ1) is 9.19. The smallest absolute Gasteiger partial charge is 0.294 e. The van der Waals surface area contributed by atoms with Crippen molar-refractivity contribution in [1.29, 1.82) is 0 Å². The molecular weight excluding hydrogens is 242 g/mol. The van der Waals surface area contributed by atoms with E-state index in [1.54, 1.807) is 13.0 Å². The van der Waals surface area contributed by atoms with Gasteiger partial charge in [-0.3, -0.25) is 4.79 Å². The largest absolute Gasteiger partial charge is 0.351 e. The third-order valence-electron chi connectivity index (χ3n) is 2.64. The van der Waals surface area contributed by atoms with E-state index in [0.29, 0.717) is 5.69 Å². The minimum absolute atomic E-state index is 0.217. The maximum absolute atomic E-state index is 11.8. The summed E-state index contributed by atoms with van der Waals surface area (Å²) in [4.78, 5) is 11.8. The maximum atomic E-state index is 11.8. The van der Waals surface area contributed by atoms with Crippen LogP contribution in [0.5, 0.6) is 0 Å². The molecular formula is C14H17N3O2. The topological polar surface area (TPSA) is 67.2 Å². The lowest BCUT2D eigenvalue weighted by molar-refractivity contribution is 0.0988. The molecule has 19 heavy (non-hydrogen) atoms. The number of rotatable bonds is 5. The second-order valence-corrected chi connectivity index (χ2v) is 4.26. The number of hydrogen-bond acceptors (Lipinski definition) is 4. The molecule has 0 aliphatic heterocycles. The molecule has 0 saturated carbocycles. The van der Waals surface area contributed by atoms with Gasteiger partial charge >= 0.3 is 0 Å². The standard InChI is InChI=1S/C14H17N3O2/c1-3-15-9-11-4-6-12(7-5-11)16-14(18)13-8-10(2)17-19-13/h4-8,15H,3,9H2,1-2H3,(H,16,18). The molecule has 5 heteroatoms. The molecule has 1 aromatic carbocycles. The van der Waals surface area contributed by atoms with Crippen molar-refractivity contribution >= 4 is 11.6 Å². The lowest BCUT2D eigenvalue weighted by Gasteiger charge is -2.05. The lowest BCUT2D eigenvalue weighted by Crippen LogP contribution is -2.12. The summed E-state index contributed by atoms with van der Waals surface area (Å²) in [5, 5.41) is 9.69. The van der Waals surface area contributed by atoms with E-state index >= 15 is 0 Å². The second kappa shape index (κ2) is 6.15. The Morgan fingerprint density at radius 1 is 1.32 bits per heavy atom. The van der Waals surface area contributed by atoms with Crippen LogP contribution >= 0.6 is 0 Å². The highest BCUT2D eigenvalue weighted by atomic mass is 16.5. The summed E-state index contributed by atoms with van der Waals surface area (Å²) >= 11 is 0. The van der Waals surface area contributed by atoms with Crippen molar-refractivity contribution in [2.75, 3.05) is 11.9 Å². The highest BCUT2D eigenvalue weighted by Crippen LogP contribution is 2.12. The van der Waals surface area contributed by atoms with Crippen LogP contribution in [0.25, 0.3) is 0 Å². The molecule has 0 radical (unpaired) electrons. The van der Waals surface area contributed by atoms with Gasteiger partial charge < -0.3 is 15.2 Å². The molecule has 0 atom stereocenters. The summed E-state index contributed by atoms with van der Waals surface area (Å²) in [5.41, 5.74) is 2.60. The lowest BCUT2D eigenvalue weighted by atomic mass is 10.2. The monoisotopic (exact) mass is 259 g/mol. The zero-order valence-corrected chi connectivity index (χ0v) is 11.1. The summed E-state index contributed by atoms with van der Waals surface area (Å²) in [6, 6.07) is 9.30. The fourth-order valence-electron chi connectivity index (χ4n) is 1.64. The molecule has 100 valence electrons. The van der Waals surface area contributed by atoms with Gasteiger partial charge in [-0.15, -0.1) is 0 Å². The Bertz CT molecular complexity index is 546. The molecule has 0 bridgehead atoms. The van der Waals surface area contributed by atoms with Crippen molar-refractivity contribution < 1.29 is 9.32 Å². The average molecular weight is 259 g/mol. The van der Waals surface area contributed by atoms with Crippen LogP contribution in [0.15, 0.2) is 34.9 Å². The predicted molar refractivity (Wildman–Crippen MR) is 73.0 cm³/mol. The van der Waals surface area contributed by atoms with Crippen LogP contribution in [0.4, 0.5) is 5.69 Å². The summed E-state index contributed by atoms with van der Waals surface area (Å²) < 4.78 is 4.90. The van der Waals surface area contributed by atoms with Gasteiger partial charge in [-0.2, -0.15) is 0 Å². The van der Waals surface area contributed by atoms with Crippen LogP contribution in [-0.4, -0.2) is 17.6 Å². The molecule has 0 aliphatic rings. The molecule has 0 spiro atoms. The van der Waals surface area contributed by atoms with Crippen molar-refractivity contribution in [2.24, 2.45) is 0 Å². The Morgan fingerprint density at radius 2 is 2.05 bits per heavy atom. The van der Waals surface area contributed by atoms with Gasteiger partial charge in [0, 0.05) is 18.3 Å². The van der Waals surface area contributed by atoms with Gasteiger partial charge in [0.25, 0.3) is 5.91 Å². The van der Waals surface area contributed by atoms with Crippen LogP contribution < -0.4 is 10.6 Å². The van der Waals surface area contributed by atoms with Gasteiger partial charge in [-0.05, 0) is 31.2 Å². The molecule has 2 rings (SSSR count). The van der Waals surface area contributed by atoms with Crippen molar-refractivity contribution in [1.82, 2.24) is 10.5 Å². The highest BCUT2D eigenvalue weighted by molar-refractivity contribution is 6.02. The second-order valence-electron chi connectivity index (χ2n) is 4.26. The van der Waals surface area contributed by atoms with Crippen molar-refractivity contribution in [3.05, 3.63) is 47.3 Å².